The van der Waals surface area contributed by atoms with Gasteiger partial charge in [0.05, 0.1) is 31.0 Å². The summed E-state index contributed by atoms with van der Waals surface area (Å²) in [6.07, 6.45) is -3.71. The van der Waals surface area contributed by atoms with Gasteiger partial charge >= 0.3 is 6.36 Å². The summed E-state index contributed by atoms with van der Waals surface area (Å²) >= 11 is 0. The Labute approximate surface area is 114 Å². The number of halogens is 3. The molecule has 0 aromatic heterocycles. The zero-order chi connectivity index (χ0) is 14.5. The lowest BCUT2D eigenvalue weighted by Crippen LogP contribution is -2.40. The van der Waals surface area contributed by atoms with E-state index in [0.29, 0.717) is 19.4 Å². The maximum Gasteiger partial charge on any atom is 0.522 e. The molecule has 0 aromatic rings. The molecule has 3 fully saturated rings. The first-order chi connectivity index (χ1) is 9.31. The van der Waals surface area contributed by atoms with Gasteiger partial charge in [0.15, 0.2) is 0 Å². The normalized spacial score (nSPS) is 43.9. The van der Waals surface area contributed by atoms with E-state index < -0.39 is 13.0 Å². The van der Waals surface area contributed by atoms with E-state index in [-0.39, 0.29) is 41.8 Å². The Balaban J connectivity index is 1.50. The molecule has 0 aromatic carbocycles. The number of carbonyl (C=O) groups excluding carboxylic acids is 1. The van der Waals surface area contributed by atoms with E-state index in [4.69, 9.17) is 9.47 Å². The van der Waals surface area contributed by atoms with Crippen molar-refractivity contribution < 1.29 is 32.2 Å². The van der Waals surface area contributed by atoms with Crippen LogP contribution in [0, 0.1) is 11.8 Å². The van der Waals surface area contributed by atoms with E-state index >= 15 is 0 Å². The van der Waals surface area contributed by atoms with Gasteiger partial charge < -0.3 is 9.47 Å². The first-order valence-electron chi connectivity index (χ1n) is 6.83. The number of epoxide rings is 2. The Hall–Kier alpha value is -0.660. The van der Waals surface area contributed by atoms with Crippen molar-refractivity contribution >= 4 is 5.78 Å². The number of hydrogen-bond acceptors (Lipinski definition) is 4. The smallest absolute Gasteiger partial charge is 0.369 e. The molecule has 2 aliphatic heterocycles. The van der Waals surface area contributed by atoms with Crippen molar-refractivity contribution in [3.63, 3.8) is 0 Å². The monoisotopic (exact) mass is 294 g/mol. The highest BCUT2D eigenvalue weighted by Crippen LogP contribution is 2.53. The fourth-order valence-corrected chi connectivity index (χ4v) is 3.26. The van der Waals surface area contributed by atoms with Crippen molar-refractivity contribution in [3.05, 3.63) is 0 Å². The summed E-state index contributed by atoms with van der Waals surface area (Å²) in [6.45, 7) is 2.11. The standard InChI is InChI=1S/C13H17F3O4/c1-7-5-12(6-19-12)8(4-9(7)17)11-10(20-11)2-3-18-13(14,15)16/h7-8,10-11H,2-6H2,1H3. The molecular weight excluding hydrogens is 277 g/mol. The van der Waals surface area contributed by atoms with E-state index in [9.17, 15) is 18.0 Å². The molecule has 1 aliphatic carbocycles. The van der Waals surface area contributed by atoms with Crippen LogP contribution in [0.3, 0.4) is 0 Å². The van der Waals surface area contributed by atoms with Crippen LogP contribution < -0.4 is 0 Å². The molecule has 1 spiro atoms. The van der Waals surface area contributed by atoms with Crippen LogP contribution in [0.5, 0.6) is 0 Å². The Morgan fingerprint density at radius 2 is 2.15 bits per heavy atom. The SMILES string of the molecule is CC1CC2(CO2)C(C2OC2CCOC(F)(F)F)CC1=O. The van der Waals surface area contributed by atoms with Gasteiger partial charge in [-0.15, -0.1) is 13.2 Å². The average Bonchev–Trinajstić information content (AvgIpc) is 3.21. The molecular formula is C13H17F3O4. The van der Waals surface area contributed by atoms with Crippen LogP contribution in [0.15, 0.2) is 0 Å². The average molecular weight is 294 g/mol. The zero-order valence-corrected chi connectivity index (χ0v) is 11.1. The van der Waals surface area contributed by atoms with E-state index in [0.717, 1.165) is 0 Å². The van der Waals surface area contributed by atoms with Gasteiger partial charge in [-0.25, -0.2) is 0 Å². The van der Waals surface area contributed by atoms with Gasteiger partial charge in [0.1, 0.15) is 5.78 Å². The van der Waals surface area contributed by atoms with Crippen LogP contribution in [0.4, 0.5) is 13.2 Å². The van der Waals surface area contributed by atoms with Crippen LogP contribution in [0.2, 0.25) is 0 Å². The van der Waals surface area contributed by atoms with E-state index in [1.165, 1.54) is 0 Å². The highest BCUT2D eigenvalue weighted by Gasteiger charge is 2.63. The Morgan fingerprint density at radius 1 is 1.45 bits per heavy atom. The maximum absolute atomic E-state index is 11.9. The molecule has 4 nitrogen and oxygen atoms in total. The van der Waals surface area contributed by atoms with Crippen molar-refractivity contribution in [3.8, 4) is 0 Å². The molecule has 5 unspecified atom stereocenters. The van der Waals surface area contributed by atoms with E-state index in [1.807, 2.05) is 6.92 Å². The third kappa shape index (κ3) is 2.84. The van der Waals surface area contributed by atoms with Crippen LogP contribution in [-0.2, 0) is 19.0 Å². The number of carbonyl (C=O) groups is 1. The summed E-state index contributed by atoms with van der Waals surface area (Å²) in [6, 6.07) is 0. The number of rotatable bonds is 4. The molecule has 3 aliphatic rings. The first-order valence-corrected chi connectivity index (χ1v) is 6.83. The second-order valence-corrected chi connectivity index (χ2v) is 5.96. The predicted octanol–water partition coefficient (Wildman–Crippen LogP) is 2.06. The zero-order valence-electron chi connectivity index (χ0n) is 11.1. The molecule has 5 atom stereocenters. The fraction of sp³-hybridized carbons (Fsp3) is 0.923. The van der Waals surface area contributed by atoms with E-state index in [1.54, 1.807) is 0 Å². The molecule has 20 heavy (non-hydrogen) atoms. The summed E-state index contributed by atoms with van der Waals surface area (Å²) < 4.78 is 50.4. The van der Waals surface area contributed by atoms with Crippen LogP contribution >= 0.6 is 0 Å². The molecule has 2 heterocycles. The van der Waals surface area contributed by atoms with Gasteiger partial charge in [-0.2, -0.15) is 0 Å². The topological polar surface area (TPSA) is 51.4 Å². The van der Waals surface area contributed by atoms with Gasteiger partial charge in [0.25, 0.3) is 0 Å². The van der Waals surface area contributed by atoms with Crippen LogP contribution in [-0.4, -0.2) is 43.2 Å². The van der Waals surface area contributed by atoms with Crippen molar-refractivity contribution in [2.75, 3.05) is 13.2 Å². The number of ketones is 1. The molecule has 1 saturated carbocycles. The van der Waals surface area contributed by atoms with E-state index in [2.05, 4.69) is 4.74 Å². The molecule has 0 bridgehead atoms. The number of hydrogen-bond donors (Lipinski definition) is 0. The molecule has 0 N–H and O–H groups in total. The third-order valence-corrected chi connectivity index (χ3v) is 4.50. The third-order valence-electron chi connectivity index (χ3n) is 4.50. The van der Waals surface area contributed by atoms with Crippen LogP contribution in [0.25, 0.3) is 0 Å². The van der Waals surface area contributed by atoms with Gasteiger partial charge in [-0.3, -0.25) is 9.53 Å². The lowest BCUT2D eigenvalue weighted by atomic mass is 9.72. The highest BCUT2D eigenvalue weighted by molar-refractivity contribution is 5.82. The molecule has 7 heteroatoms. The van der Waals surface area contributed by atoms with Gasteiger partial charge in [-0.05, 0) is 12.8 Å². The van der Waals surface area contributed by atoms with Crippen molar-refractivity contribution in [1.82, 2.24) is 0 Å². The second-order valence-electron chi connectivity index (χ2n) is 5.96. The summed E-state index contributed by atoms with van der Waals surface area (Å²) in [4.78, 5) is 11.8. The number of ether oxygens (including phenoxy) is 3. The van der Waals surface area contributed by atoms with Gasteiger partial charge in [-0.1, -0.05) is 6.92 Å². The Morgan fingerprint density at radius 3 is 2.75 bits per heavy atom. The summed E-state index contributed by atoms with van der Waals surface area (Å²) in [5.41, 5.74) is -0.266. The number of alkyl halides is 3. The Kier molecular flexibility index (Phi) is 3.34. The summed E-state index contributed by atoms with van der Waals surface area (Å²) in [7, 11) is 0. The summed E-state index contributed by atoms with van der Waals surface area (Å²) in [5, 5.41) is 0. The second kappa shape index (κ2) is 4.68. The summed E-state index contributed by atoms with van der Waals surface area (Å²) in [5.74, 6) is 0.179. The van der Waals surface area contributed by atoms with Gasteiger partial charge in [0.2, 0.25) is 0 Å². The first kappa shape index (κ1) is 14.3. The number of Topliss-reactive ketones (excluding diaryl/α,β-unsaturated/α-hetero) is 1. The maximum atomic E-state index is 11.9. The lowest BCUT2D eigenvalue weighted by Gasteiger charge is -2.30. The van der Waals surface area contributed by atoms with Crippen LogP contribution in [0.1, 0.15) is 26.2 Å². The molecule has 0 amide bonds. The molecule has 3 rings (SSSR count). The fourth-order valence-electron chi connectivity index (χ4n) is 3.26. The van der Waals surface area contributed by atoms with Crippen molar-refractivity contribution in [2.24, 2.45) is 11.8 Å². The molecule has 0 radical (unpaired) electrons. The highest BCUT2D eigenvalue weighted by atomic mass is 19.4. The quantitative estimate of drug-likeness (QED) is 0.745. The largest absolute Gasteiger partial charge is 0.522 e. The van der Waals surface area contributed by atoms with Gasteiger partial charge in [0, 0.05) is 18.3 Å². The van der Waals surface area contributed by atoms with Crippen molar-refractivity contribution in [1.29, 1.82) is 0 Å². The minimum absolute atomic E-state index is 0.000451. The predicted molar refractivity (Wildman–Crippen MR) is 60.9 cm³/mol. The minimum atomic E-state index is -4.60. The van der Waals surface area contributed by atoms with Crippen molar-refractivity contribution in [2.45, 2.75) is 50.4 Å². The molecule has 2 saturated heterocycles. The minimum Gasteiger partial charge on any atom is -0.369 e. The Bertz CT molecular complexity index is 405. The molecule has 114 valence electrons. The lowest BCUT2D eigenvalue weighted by molar-refractivity contribution is -0.324.